The van der Waals surface area contributed by atoms with E-state index in [1.165, 1.54) is 0 Å². The maximum absolute atomic E-state index is 3.73. The highest BCUT2D eigenvalue weighted by atomic mass is 15.1. The number of imidazole rings is 1. The van der Waals surface area contributed by atoms with Crippen molar-refractivity contribution in [3.63, 3.8) is 0 Å². The third-order valence-corrected chi connectivity index (χ3v) is 2.29. The highest BCUT2D eigenvalue weighted by Gasteiger charge is 2.03. The van der Waals surface area contributed by atoms with E-state index in [0.717, 1.165) is 11.3 Å². The van der Waals surface area contributed by atoms with Crippen molar-refractivity contribution in [1.82, 2.24) is 4.57 Å². The molecular formula is C13H13N2+. The molecule has 0 saturated carbocycles. The van der Waals surface area contributed by atoms with Gasteiger partial charge in [0, 0.05) is 0 Å². The lowest BCUT2D eigenvalue weighted by Crippen LogP contribution is -2.20. The molecule has 0 amide bonds. The minimum atomic E-state index is 1.13. The van der Waals surface area contributed by atoms with Crippen LogP contribution in [0.1, 0.15) is 5.56 Å². The molecule has 0 saturated heterocycles. The molecule has 0 aliphatic rings. The maximum atomic E-state index is 3.73. The quantitative estimate of drug-likeness (QED) is 0.668. The van der Waals surface area contributed by atoms with Gasteiger partial charge in [0.2, 0.25) is 0 Å². The average Bonchev–Trinajstić information content (AvgIpc) is 2.78. The Morgan fingerprint density at radius 2 is 1.87 bits per heavy atom. The first-order chi connectivity index (χ1) is 7.33. The smallest absolute Gasteiger partial charge is 0.209 e. The lowest BCUT2D eigenvalue weighted by molar-refractivity contribution is -0.566. The summed E-state index contributed by atoms with van der Waals surface area (Å²) >= 11 is 0. The minimum absolute atomic E-state index is 1.13. The fraction of sp³-hybridized carbons (Fsp3) is 0. The lowest BCUT2D eigenvalue weighted by atomic mass is 10.2. The third-order valence-electron chi connectivity index (χ3n) is 2.29. The highest BCUT2D eigenvalue weighted by molar-refractivity contribution is 5.49. The number of aromatic nitrogens is 2. The second-order valence-corrected chi connectivity index (χ2v) is 3.25. The number of hydrogen-bond donors (Lipinski definition) is 0. The summed E-state index contributed by atoms with van der Waals surface area (Å²) in [6, 6.07) is 8.20. The highest BCUT2D eigenvalue weighted by Crippen LogP contribution is 2.09. The van der Waals surface area contributed by atoms with Crippen molar-refractivity contribution in [1.29, 1.82) is 0 Å². The van der Waals surface area contributed by atoms with Crippen LogP contribution in [0.3, 0.4) is 0 Å². The van der Waals surface area contributed by atoms with Crippen LogP contribution < -0.4 is 4.57 Å². The molecule has 15 heavy (non-hydrogen) atoms. The molecule has 0 aliphatic carbocycles. The molecule has 0 unspecified atom stereocenters. The second-order valence-electron chi connectivity index (χ2n) is 3.25. The van der Waals surface area contributed by atoms with Gasteiger partial charge in [0.15, 0.2) is 0 Å². The van der Waals surface area contributed by atoms with Gasteiger partial charge < -0.3 is 0 Å². The molecule has 1 heterocycles. The van der Waals surface area contributed by atoms with Gasteiger partial charge in [0.25, 0.3) is 6.33 Å². The summed E-state index contributed by atoms with van der Waals surface area (Å²) in [5, 5.41) is 0. The molecule has 1 aromatic carbocycles. The van der Waals surface area contributed by atoms with Crippen LogP contribution in [0.4, 0.5) is 0 Å². The van der Waals surface area contributed by atoms with Crippen LogP contribution in [-0.4, -0.2) is 4.57 Å². The van der Waals surface area contributed by atoms with Crippen LogP contribution in [-0.2, 0) is 0 Å². The van der Waals surface area contributed by atoms with Crippen molar-refractivity contribution in [3.8, 4) is 5.69 Å². The Bertz CT molecular complexity index is 477. The van der Waals surface area contributed by atoms with Gasteiger partial charge in [-0.3, -0.25) is 0 Å². The van der Waals surface area contributed by atoms with Crippen LogP contribution >= 0.6 is 0 Å². The molecule has 0 radical (unpaired) electrons. The van der Waals surface area contributed by atoms with Crippen LogP contribution in [0.5, 0.6) is 0 Å². The first kappa shape index (κ1) is 9.46. The Labute approximate surface area is 89.4 Å². The molecule has 2 aromatic rings. The Kier molecular flexibility index (Phi) is 2.50. The molecule has 0 spiro atoms. The number of benzene rings is 1. The second kappa shape index (κ2) is 3.96. The maximum Gasteiger partial charge on any atom is 0.253 e. The molecule has 74 valence electrons. The van der Waals surface area contributed by atoms with E-state index in [-0.39, 0.29) is 0 Å². The van der Waals surface area contributed by atoms with E-state index < -0.39 is 0 Å². The summed E-state index contributed by atoms with van der Waals surface area (Å²) in [6.45, 7) is 7.43. The van der Waals surface area contributed by atoms with Crippen molar-refractivity contribution in [3.05, 3.63) is 61.7 Å². The van der Waals surface area contributed by atoms with E-state index in [9.17, 15) is 0 Å². The topological polar surface area (TPSA) is 8.81 Å². The monoisotopic (exact) mass is 197 g/mol. The molecule has 0 N–H and O–H groups in total. The molecular weight excluding hydrogens is 184 g/mol. The fourth-order valence-electron chi connectivity index (χ4n) is 1.41. The molecule has 2 rings (SSSR count). The van der Waals surface area contributed by atoms with Crippen molar-refractivity contribution < 1.29 is 4.57 Å². The van der Waals surface area contributed by atoms with Gasteiger partial charge in [0.1, 0.15) is 18.1 Å². The predicted octanol–water partition coefficient (Wildman–Crippen LogP) is 2.51. The van der Waals surface area contributed by atoms with Crippen molar-refractivity contribution in [2.45, 2.75) is 0 Å². The van der Waals surface area contributed by atoms with Gasteiger partial charge >= 0.3 is 0 Å². The predicted molar refractivity (Wildman–Crippen MR) is 62.4 cm³/mol. The van der Waals surface area contributed by atoms with E-state index in [0.29, 0.717) is 0 Å². The zero-order valence-corrected chi connectivity index (χ0v) is 8.50. The summed E-state index contributed by atoms with van der Waals surface area (Å²) in [6.07, 6.45) is 9.51. The molecule has 2 nitrogen and oxygen atoms in total. The Morgan fingerprint density at radius 1 is 1.13 bits per heavy atom. The standard InChI is InChI=1S/C13H13N2/c1-3-12-5-7-13(8-6-12)15-10-9-14(4-2)11-15/h3-11H,1-2H2/q+1. The van der Waals surface area contributed by atoms with Crippen LogP contribution in [0, 0.1) is 0 Å². The molecule has 0 aliphatic heterocycles. The minimum Gasteiger partial charge on any atom is -0.209 e. The largest absolute Gasteiger partial charge is 0.253 e. The van der Waals surface area contributed by atoms with Gasteiger partial charge in [-0.15, -0.1) is 0 Å². The van der Waals surface area contributed by atoms with Crippen LogP contribution in [0.15, 0.2) is 56.1 Å². The zero-order chi connectivity index (χ0) is 10.7. The van der Waals surface area contributed by atoms with E-state index in [4.69, 9.17) is 0 Å². The first-order valence-electron chi connectivity index (χ1n) is 4.77. The molecule has 0 bridgehead atoms. The summed E-state index contributed by atoms with van der Waals surface area (Å²) < 4.78 is 3.94. The van der Waals surface area contributed by atoms with Crippen molar-refractivity contribution >= 4 is 12.3 Å². The Morgan fingerprint density at radius 3 is 2.40 bits per heavy atom. The van der Waals surface area contributed by atoms with E-state index in [1.54, 1.807) is 6.20 Å². The third kappa shape index (κ3) is 1.89. The SMILES string of the molecule is C=Cc1ccc(-n2cc[n+](C=C)c2)cc1. The van der Waals surface area contributed by atoms with Gasteiger partial charge in [-0.05, 0) is 17.7 Å². The van der Waals surface area contributed by atoms with Gasteiger partial charge in [-0.25, -0.2) is 9.13 Å². The molecule has 1 aromatic heterocycles. The normalized spacial score (nSPS) is 9.87. The Hall–Kier alpha value is -2.09. The zero-order valence-electron chi connectivity index (χ0n) is 8.50. The summed E-state index contributed by atoms with van der Waals surface area (Å²) in [5.74, 6) is 0. The Balaban J connectivity index is 2.36. The molecule has 0 atom stereocenters. The molecule has 2 heteroatoms. The molecule has 0 fully saturated rings. The van der Waals surface area contributed by atoms with Gasteiger partial charge in [-0.2, -0.15) is 0 Å². The first-order valence-corrected chi connectivity index (χ1v) is 4.77. The number of nitrogens with zero attached hydrogens (tertiary/aromatic N) is 2. The number of hydrogen-bond acceptors (Lipinski definition) is 0. The van der Waals surface area contributed by atoms with Crippen molar-refractivity contribution in [2.24, 2.45) is 0 Å². The lowest BCUT2D eigenvalue weighted by Gasteiger charge is -1.96. The van der Waals surface area contributed by atoms with Crippen LogP contribution in [0.2, 0.25) is 0 Å². The van der Waals surface area contributed by atoms with E-state index >= 15 is 0 Å². The summed E-state index contributed by atoms with van der Waals surface area (Å²) in [7, 11) is 0. The summed E-state index contributed by atoms with van der Waals surface area (Å²) in [5.41, 5.74) is 2.25. The van der Waals surface area contributed by atoms with E-state index in [1.807, 2.05) is 46.1 Å². The number of rotatable bonds is 3. The fourth-order valence-corrected chi connectivity index (χ4v) is 1.41. The van der Waals surface area contributed by atoms with Gasteiger partial charge in [0.05, 0.1) is 6.20 Å². The van der Waals surface area contributed by atoms with Crippen molar-refractivity contribution in [2.75, 3.05) is 0 Å². The summed E-state index contributed by atoms with van der Waals surface area (Å²) in [4.78, 5) is 0. The van der Waals surface area contributed by atoms with Gasteiger partial charge in [-0.1, -0.05) is 31.4 Å². The van der Waals surface area contributed by atoms with Crippen LogP contribution in [0.25, 0.3) is 18.0 Å². The average molecular weight is 197 g/mol. The van der Waals surface area contributed by atoms with E-state index in [2.05, 4.69) is 25.3 Å².